The lowest BCUT2D eigenvalue weighted by Gasteiger charge is -2.47. The lowest BCUT2D eigenvalue weighted by atomic mass is 9.82. The zero-order chi connectivity index (χ0) is 13.9. The fourth-order valence-electron chi connectivity index (χ4n) is 4.38. The predicted octanol–water partition coefficient (Wildman–Crippen LogP) is 1.51. The number of hydrogen-bond donors (Lipinski definition) is 2. The third kappa shape index (κ3) is 3.34. The molecular weight excluding hydrogens is 250 g/mol. The van der Waals surface area contributed by atoms with Gasteiger partial charge in [0.1, 0.15) is 0 Å². The van der Waals surface area contributed by atoms with E-state index in [0.717, 1.165) is 25.9 Å². The number of piperidine rings is 3. The number of carbonyl (C=O) groups excluding carboxylic acids is 1. The molecule has 3 aliphatic heterocycles. The molecule has 2 bridgehead atoms. The number of hydrogen-bond acceptors (Lipinski definition) is 3. The lowest BCUT2D eigenvalue weighted by Crippen LogP contribution is -2.55. The number of fused-ring (bicyclic) bond motifs is 2. The van der Waals surface area contributed by atoms with Crippen LogP contribution in [0.4, 0.5) is 0 Å². The minimum absolute atomic E-state index is 0.284. The average molecular weight is 279 g/mol. The SMILES string of the molecule is CN1C2CCCC1CC(NC(=O)CC1CCCNC1)C2. The summed E-state index contributed by atoms with van der Waals surface area (Å²) in [6, 6.07) is 1.82. The first-order valence-corrected chi connectivity index (χ1v) is 8.44. The van der Waals surface area contributed by atoms with E-state index in [0.29, 0.717) is 30.5 Å². The van der Waals surface area contributed by atoms with Crippen molar-refractivity contribution in [1.29, 1.82) is 0 Å². The van der Waals surface area contributed by atoms with Crippen LogP contribution in [0, 0.1) is 5.92 Å². The summed E-state index contributed by atoms with van der Waals surface area (Å²) in [6.45, 7) is 2.14. The maximum absolute atomic E-state index is 12.2. The Morgan fingerprint density at radius 1 is 1.20 bits per heavy atom. The van der Waals surface area contributed by atoms with E-state index in [1.807, 2.05) is 0 Å². The van der Waals surface area contributed by atoms with Gasteiger partial charge in [0.05, 0.1) is 0 Å². The molecule has 114 valence electrons. The predicted molar refractivity (Wildman–Crippen MR) is 80.6 cm³/mol. The van der Waals surface area contributed by atoms with Gasteiger partial charge in [0.15, 0.2) is 0 Å². The molecule has 3 saturated heterocycles. The van der Waals surface area contributed by atoms with Crippen molar-refractivity contribution in [3.05, 3.63) is 0 Å². The van der Waals surface area contributed by atoms with Crippen molar-refractivity contribution >= 4 is 5.91 Å². The van der Waals surface area contributed by atoms with Gasteiger partial charge in [-0.2, -0.15) is 0 Å². The van der Waals surface area contributed by atoms with Crippen molar-refractivity contribution < 1.29 is 4.79 Å². The van der Waals surface area contributed by atoms with Crippen LogP contribution in [-0.4, -0.2) is 49.1 Å². The van der Waals surface area contributed by atoms with Crippen molar-refractivity contribution in [3.8, 4) is 0 Å². The van der Waals surface area contributed by atoms with Crippen molar-refractivity contribution in [2.75, 3.05) is 20.1 Å². The quantitative estimate of drug-likeness (QED) is 0.823. The molecule has 0 aromatic heterocycles. The molecule has 3 aliphatic rings. The molecular formula is C16H29N3O. The van der Waals surface area contributed by atoms with Gasteiger partial charge in [0.25, 0.3) is 0 Å². The first kappa shape index (κ1) is 14.3. The fraction of sp³-hybridized carbons (Fsp3) is 0.938. The largest absolute Gasteiger partial charge is 0.353 e. The molecule has 20 heavy (non-hydrogen) atoms. The van der Waals surface area contributed by atoms with Crippen LogP contribution in [0.1, 0.15) is 51.4 Å². The van der Waals surface area contributed by atoms with Crippen LogP contribution in [0.15, 0.2) is 0 Å². The van der Waals surface area contributed by atoms with Crippen LogP contribution in [0.5, 0.6) is 0 Å². The summed E-state index contributed by atoms with van der Waals surface area (Å²) in [5.74, 6) is 0.834. The maximum atomic E-state index is 12.2. The van der Waals surface area contributed by atoms with Gasteiger partial charge in [0.2, 0.25) is 5.91 Å². The van der Waals surface area contributed by atoms with Gasteiger partial charge >= 0.3 is 0 Å². The Hall–Kier alpha value is -0.610. The number of rotatable bonds is 3. The third-order valence-corrected chi connectivity index (χ3v) is 5.58. The van der Waals surface area contributed by atoms with E-state index in [-0.39, 0.29) is 5.91 Å². The highest BCUT2D eigenvalue weighted by molar-refractivity contribution is 5.76. The van der Waals surface area contributed by atoms with Crippen molar-refractivity contribution in [1.82, 2.24) is 15.5 Å². The molecule has 3 fully saturated rings. The number of amides is 1. The van der Waals surface area contributed by atoms with Crippen molar-refractivity contribution in [2.24, 2.45) is 5.92 Å². The highest BCUT2D eigenvalue weighted by Gasteiger charge is 2.36. The highest BCUT2D eigenvalue weighted by atomic mass is 16.1. The highest BCUT2D eigenvalue weighted by Crippen LogP contribution is 2.32. The number of nitrogens with one attached hydrogen (secondary N) is 2. The van der Waals surface area contributed by atoms with Gasteiger partial charge in [-0.05, 0) is 64.6 Å². The Kier molecular flexibility index (Phi) is 4.61. The van der Waals surface area contributed by atoms with E-state index in [1.165, 1.54) is 32.1 Å². The molecule has 0 spiro atoms. The second-order valence-electron chi connectivity index (χ2n) is 7.06. The lowest BCUT2D eigenvalue weighted by molar-refractivity contribution is -0.123. The molecule has 0 radical (unpaired) electrons. The van der Waals surface area contributed by atoms with Crippen LogP contribution < -0.4 is 10.6 Å². The van der Waals surface area contributed by atoms with Crippen LogP contribution >= 0.6 is 0 Å². The van der Waals surface area contributed by atoms with Crippen LogP contribution in [0.25, 0.3) is 0 Å². The third-order valence-electron chi connectivity index (χ3n) is 5.58. The van der Waals surface area contributed by atoms with E-state index >= 15 is 0 Å². The molecule has 3 atom stereocenters. The van der Waals surface area contributed by atoms with Crippen molar-refractivity contribution in [2.45, 2.75) is 69.5 Å². The topological polar surface area (TPSA) is 44.4 Å². The average Bonchev–Trinajstić information content (AvgIpc) is 2.41. The maximum Gasteiger partial charge on any atom is 0.220 e. The second kappa shape index (κ2) is 6.44. The van der Waals surface area contributed by atoms with Crippen LogP contribution in [-0.2, 0) is 4.79 Å². The van der Waals surface area contributed by atoms with Gasteiger partial charge in [-0.3, -0.25) is 4.79 Å². The fourth-order valence-corrected chi connectivity index (χ4v) is 4.38. The Bertz CT molecular complexity index is 327. The molecule has 4 nitrogen and oxygen atoms in total. The van der Waals surface area contributed by atoms with E-state index in [2.05, 4.69) is 22.6 Å². The van der Waals surface area contributed by atoms with Gasteiger partial charge in [-0.25, -0.2) is 0 Å². The second-order valence-corrected chi connectivity index (χ2v) is 7.06. The Morgan fingerprint density at radius 3 is 2.60 bits per heavy atom. The monoisotopic (exact) mass is 279 g/mol. The molecule has 0 saturated carbocycles. The first-order chi connectivity index (χ1) is 9.72. The van der Waals surface area contributed by atoms with Gasteiger partial charge in [-0.1, -0.05) is 6.42 Å². The summed E-state index contributed by atoms with van der Waals surface area (Å²) in [6.07, 6.45) is 9.44. The molecule has 2 N–H and O–H groups in total. The molecule has 4 heteroatoms. The molecule has 3 unspecified atom stereocenters. The minimum Gasteiger partial charge on any atom is -0.353 e. The smallest absolute Gasteiger partial charge is 0.220 e. The summed E-state index contributed by atoms with van der Waals surface area (Å²) >= 11 is 0. The summed E-state index contributed by atoms with van der Waals surface area (Å²) in [4.78, 5) is 14.8. The zero-order valence-electron chi connectivity index (χ0n) is 12.7. The molecule has 1 amide bonds. The van der Waals surface area contributed by atoms with Gasteiger partial charge < -0.3 is 15.5 Å². The summed E-state index contributed by atoms with van der Waals surface area (Å²) in [7, 11) is 2.26. The van der Waals surface area contributed by atoms with E-state index in [9.17, 15) is 4.79 Å². The summed E-state index contributed by atoms with van der Waals surface area (Å²) in [5, 5.41) is 6.72. The molecule has 0 aromatic carbocycles. The number of nitrogens with zero attached hydrogens (tertiary/aromatic N) is 1. The van der Waals surface area contributed by atoms with Crippen molar-refractivity contribution in [3.63, 3.8) is 0 Å². The van der Waals surface area contributed by atoms with E-state index in [4.69, 9.17) is 0 Å². The Labute approximate surface area is 122 Å². The Balaban J connectivity index is 1.46. The van der Waals surface area contributed by atoms with Crippen LogP contribution in [0.3, 0.4) is 0 Å². The van der Waals surface area contributed by atoms with E-state index in [1.54, 1.807) is 0 Å². The first-order valence-electron chi connectivity index (χ1n) is 8.44. The zero-order valence-corrected chi connectivity index (χ0v) is 12.7. The van der Waals surface area contributed by atoms with E-state index < -0.39 is 0 Å². The molecule has 0 aliphatic carbocycles. The Morgan fingerprint density at radius 2 is 1.95 bits per heavy atom. The summed E-state index contributed by atoms with van der Waals surface area (Å²) < 4.78 is 0. The molecule has 3 heterocycles. The minimum atomic E-state index is 0.284. The standard InChI is InChI=1S/C16H29N3O/c1-19-14-5-2-6-15(19)10-13(9-14)18-16(20)8-12-4-3-7-17-11-12/h12-15,17H,2-11H2,1H3,(H,18,20). The number of carbonyl (C=O) groups is 1. The van der Waals surface area contributed by atoms with Gasteiger partial charge in [0, 0.05) is 24.5 Å². The summed E-state index contributed by atoms with van der Waals surface area (Å²) in [5.41, 5.74) is 0. The molecule has 0 aromatic rings. The normalized spacial score (nSPS) is 38.5. The van der Waals surface area contributed by atoms with Gasteiger partial charge in [-0.15, -0.1) is 0 Å². The molecule has 3 rings (SSSR count). The van der Waals surface area contributed by atoms with Crippen LogP contribution in [0.2, 0.25) is 0 Å².